The summed E-state index contributed by atoms with van der Waals surface area (Å²) in [6.45, 7) is 2.49. The first-order valence-electron chi connectivity index (χ1n) is 8.57. The van der Waals surface area contributed by atoms with Gasteiger partial charge in [-0.3, -0.25) is 4.79 Å². The van der Waals surface area contributed by atoms with Gasteiger partial charge in [0.2, 0.25) is 5.91 Å². The van der Waals surface area contributed by atoms with E-state index in [1.807, 2.05) is 6.92 Å². The Balaban J connectivity index is 1.70. The van der Waals surface area contributed by atoms with Gasteiger partial charge in [0, 0.05) is 12.2 Å². The van der Waals surface area contributed by atoms with Crippen molar-refractivity contribution < 1.29 is 27.8 Å². The van der Waals surface area contributed by atoms with Crippen molar-refractivity contribution in [2.45, 2.75) is 57.4 Å². The predicted octanol–water partition coefficient (Wildman–Crippen LogP) is 4.02. The van der Waals surface area contributed by atoms with E-state index in [0.717, 1.165) is 0 Å². The summed E-state index contributed by atoms with van der Waals surface area (Å²) in [4.78, 5) is 14.6. The van der Waals surface area contributed by atoms with Gasteiger partial charge in [-0.05, 0) is 62.8 Å². The van der Waals surface area contributed by atoms with E-state index in [1.54, 1.807) is 4.90 Å². The molecule has 1 aliphatic heterocycles. The molecule has 1 saturated carbocycles. The number of hydrogen-bond acceptors (Lipinski definition) is 3. The highest BCUT2D eigenvalue weighted by Crippen LogP contribution is 2.49. The highest BCUT2D eigenvalue weighted by molar-refractivity contribution is 6.00. The van der Waals surface area contributed by atoms with Crippen LogP contribution in [0.2, 0.25) is 0 Å². The molecule has 25 heavy (non-hydrogen) atoms. The van der Waals surface area contributed by atoms with Crippen LogP contribution in [0.3, 0.4) is 0 Å². The maximum Gasteiger partial charge on any atom is 0.573 e. The van der Waals surface area contributed by atoms with Gasteiger partial charge in [0.25, 0.3) is 0 Å². The molecule has 0 radical (unpaired) electrons. The average molecular weight is 357 g/mol. The Labute approximate surface area is 144 Å². The van der Waals surface area contributed by atoms with Crippen LogP contribution in [0.1, 0.15) is 45.4 Å². The van der Waals surface area contributed by atoms with Crippen molar-refractivity contribution in [1.29, 1.82) is 0 Å². The Kier molecular flexibility index (Phi) is 4.47. The second-order valence-corrected chi connectivity index (χ2v) is 7.11. The minimum Gasteiger partial charge on any atom is -0.406 e. The van der Waals surface area contributed by atoms with E-state index in [9.17, 15) is 23.1 Å². The van der Waals surface area contributed by atoms with Crippen LogP contribution in [0, 0.1) is 5.41 Å². The maximum atomic E-state index is 12.9. The van der Waals surface area contributed by atoms with Crippen molar-refractivity contribution >= 4 is 11.6 Å². The number of carbonyl (C=O) groups is 1. The molecule has 0 unspecified atom stereocenters. The molecule has 1 amide bonds. The SMILES string of the molecule is CCC1(O)CCC2(CCN(c3ccc(OC(F)(F)F)cc3)C2=O)CC1. The smallest absolute Gasteiger partial charge is 0.406 e. The molecule has 7 heteroatoms. The zero-order valence-electron chi connectivity index (χ0n) is 14.1. The van der Waals surface area contributed by atoms with E-state index in [2.05, 4.69) is 4.74 Å². The number of nitrogens with zero attached hydrogens (tertiary/aromatic N) is 1. The fourth-order valence-corrected chi connectivity index (χ4v) is 3.91. The van der Waals surface area contributed by atoms with Crippen LogP contribution in [-0.2, 0) is 4.79 Å². The third kappa shape index (κ3) is 3.61. The Morgan fingerprint density at radius 2 is 1.72 bits per heavy atom. The molecule has 3 rings (SSSR count). The lowest BCUT2D eigenvalue weighted by molar-refractivity contribution is -0.274. The van der Waals surface area contributed by atoms with Crippen molar-refractivity contribution in [1.82, 2.24) is 0 Å². The van der Waals surface area contributed by atoms with E-state index < -0.39 is 17.4 Å². The summed E-state index contributed by atoms with van der Waals surface area (Å²) in [5.41, 5.74) is -0.536. The number of amides is 1. The first kappa shape index (κ1) is 18.0. The standard InChI is InChI=1S/C18H22F3NO3/c1-2-17(24)9-7-16(8-10-17)11-12-22(15(16)23)13-3-5-14(6-4-13)25-18(19,20)21/h3-6,24H,2,7-12H2,1H3. The van der Waals surface area contributed by atoms with Crippen molar-refractivity contribution in [3.05, 3.63) is 24.3 Å². The van der Waals surface area contributed by atoms with Gasteiger partial charge < -0.3 is 14.7 Å². The van der Waals surface area contributed by atoms with Crippen molar-refractivity contribution in [3.63, 3.8) is 0 Å². The molecular weight excluding hydrogens is 335 g/mol. The summed E-state index contributed by atoms with van der Waals surface area (Å²) in [6, 6.07) is 5.39. The number of benzene rings is 1. The number of alkyl halides is 3. The van der Waals surface area contributed by atoms with Crippen LogP contribution < -0.4 is 9.64 Å². The molecule has 1 aromatic rings. The van der Waals surface area contributed by atoms with Gasteiger partial charge in [0.15, 0.2) is 0 Å². The van der Waals surface area contributed by atoms with Gasteiger partial charge in [-0.25, -0.2) is 0 Å². The second kappa shape index (κ2) is 6.20. The Bertz CT molecular complexity index is 634. The first-order chi connectivity index (χ1) is 11.7. The summed E-state index contributed by atoms with van der Waals surface area (Å²) < 4.78 is 40.5. The molecule has 0 bridgehead atoms. The van der Waals surface area contributed by atoms with E-state index in [4.69, 9.17) is 0 Å². The number of halogens is 3. The number of anilines is 1. The third-order valence-corrected chi connectivity index (χ3v) is 5.69. The molecule has 4 nitrogen and oxygen atoms in total. The van der Waals surface area contributed by atoms with Crippen LogP contribution in [0.5, 0.6) is 5.75 Å². The van der Waals surface area contributed by atoms with Gasteiger partial charge in [0.1, 0.15) is 5.75 Å². The third-order valence-electron chi connectivity index (χ3n) is 5.69. The van der Waals surface area contributed by atoms with E-state index in [1.165, 1.54) is 24.3 Å². The van der Waals surface area contributed by atoms with Crippen molar-refractivity contribution in [2.24, 2.45) is 5.41 Å². The molecule has 0 atom stereocenters. The molecule has 1 aromatic carbocycles. The molecule has 1 aliphatic carbocycles. The van der Waals surface area contributed by atoms with Crippen molar-refractivity contribution in [2.75, 3.05) is 11.4 Å². The number of carbonyl (C=O) groups excluding carboxylic acids is 1. The molecule has 0 aromatic heterocycles. The Morgan fingerprint density at radius 1 is 1.12 bits per heavy atom. The molecular formula is C18H22F3NO3. The fourth-order valence-electron chi connectivity index (χ4n) is 3.91. The summed E-state index contributed by atoms with van der Waals surface area (Å²) in [6.07, 6.45) is -0.798. The largest absolute Gasteiger partial charge is 0.573 e. The van der Waals surface area contributed by atoms with E-state index in [-0.39, 0.29) is 11.7 Å². The van der Waals surface area contributed by atoms with Gasteiger partial charge in [0.05, 0.1) is 11.0 Å². The lowest BCUT2D eigenvalue weighted by Gasteiger charge is -2.40. The average Bonchev–Trinajstić information content (AvgIpc) is 2.87. The van der Waals surface area contributed by atoms with Gasteiger partial charge in [-0.15, -0.1) is 13.2 Å². The highest BCUT2D eigenvalue weighted by atomic mass is 19.4. The van der Waals surface area contributed by atoms with Crippen LogP contribution >= 0.6 is 0 Å². The summed E-state index contributed by atoms with van der Waals surface area (Å²) in [5.74, 6) is -0.293. The molecule has 1 saturated heterocycles. The molecule has 1 heterocycles. The molecule has 1 spiro atoms. The second-order valence-electron chi connectivity index (χ2n) is 7.11. The monoisotopic (exact) mass is 357 g/mol. The van der Waals surface area contributed by atoms with Crippen LogP contribution in [-0.4, -0.2) is 29.5 Å². The molecule has 138 valence electrons. The Morgan fingerprint density at radius 3 is 2.24 bits per heavy atom. The molecule has 2 aliphatic rings. The normalized spacial score (nSPS) is 30.1. The predicted molar refractivity (Wildman–Crippen MR) is 86.2 cm³/mol. The number of hydrogen-bond donors (Lipinski definition) is 1. The molecule has 1 N–H and O–H groups in total. The summed E-state index contributed by atoms with van der Waals surface area (Å²) in [7, 11) is 0. The highest BCUT2D eigenvalue weighted by Gasteiger charge is 2.51. The quantitative estimate of drug-likeness (QED) is 0.889. The first-order valence-corrected chi connectivity index (χ1v) is 8.57. The Hall–Kier alpha value is -1.76. The number of ether oxygens (including phenoxy) is 1. The fraction of sp³-hybridized carbons (Fsp3) is 0.611. The van der Waals surface area contributed by atoms with E-state index in [0.29, 0.717) is 50.8 Å². The summed E-state index contributed by atoms with van der Waals surface area (Å²) in [5, 5.41) is 10.4. The lowest BCUT2D eigenvalue weighted by atomic mass is 9.67. The maximum absolute atomic E-state index is 12.9. The topological polar surface area (TPSA) is 49.8 Å². The zero-order chi connectivity index (χ0) is 18.3. The molecule has 2 fully saturated rings. The van der Waals surface area contributed by atoms with Crippen LogP contribution in [0.25, 0.3) is 0 Å². The zero-order valence-corrected chi connectivity index (χ0v) is 14.1. The van der Waals surface area contributed by atoms with Gasteiger partial charge in [-0.2, -0.15) is 0 Å². The van der Waals surface area contributed by atoms with Crippen LogP contribution in [0.15, 0.2) is 24.3 Å². The summed E-state index contributed by atoms with van der Waals surface area (Å²) >= 11 is 0. The lowest BCUT2D eigenvalue weighted by Crippen LogP contribution is -2.43. The number of rotatable bonds is 3. The van der Waals surface area contributed by atoms with Crippen molar-refractivity contribution in [3.8, 4) is 5.75 Å². The van der Waals surface area contributed by atoms with Crippen LogP contribution in [0.4, 0.5) is 18.9 Å². The minimum atomic E-state index is -4.73. The minimum absolute atomic E-state index is 0.00939. The van der Waals surface area contributed by atoms with Gasteiger partial charge in [-0.1, -0.05) is 6.92 Å². The number of aliphatic hydroxyl groups is 1. The van der Waals surface area contributed by atoms with Gasteiger partial charge >= 0.3 is 6.36 Å². The van der Waals surface area contributed by atoms with E-state index >= 15 is 0 Å².